The maximum absolute atomic E-state index is 9.66. The van der Waals surface area contributed by atoms with Crippen molar-refractivity contribution in [2.24, 2.45) is 0 Å². The zero-order valence-corrected chi connectivity index (χ0v) is 17.2. The fourth-order valence-electron chi connectivity index (χ4n) is 2.69. The van der Waals surface area contributed by atoms with Crippen molar-refractivity contribution >= 4 is 23.0 Å². The van der Waals surface area contributed by atoms with Crippen LogP contribution in [0.3, 0.4) is 0 Å². The van der Waals surface area contributed by atoms with Crippen LogP contribution in [-0.2, 0) is 0 Å². The molecule has 1 heterocycles. The summed E-state index contributed by atoms with van der Waals surface area (Å²) in [5.74, 6) is 1.32. The van der Waals surface area contributed by atoms with Gasteiger partial charge in [0.2, 0.25) is 0 Å². The van der Waals surface area contributed by atoms with Gasteiger partial charge in [0, 0.05) is 10.9 Å². The molecule has 0 radical (unpaired) electrons. The molecule has 0 saturated heterocycles. The van der Waals surface area contributed by atoms with E-state index >= 15 is 0 Å². The second-order valence-corrected chi connectivity index (χ2v) is 7.51. The maximum atomic E-state index is 9.66. The van der Waals surface area contributed by atoms with E-state index in [4.69, 9.17) is 9.47 Å². The lowest BCUT2D eigenvalue weighted by Crippen LogP contribution is -2.06. The average Bonchev–Trinajstić information content (AvgIpc) is 3.16. The van der Waals surface area contributed by atoms with Crippen LogP contribution in [-0.4, -0.2) is 18.2 Å². The van der Waals surface area contributed by atoms with Gasteiger partial charge >= 0.3 is 0 Å². The van der Waals surface area contributed by atoms with Crippen molar-refractivity contribution in [2.75, 3.05) is 7.11 Å². The number of nitriles is 1. The Hall–Kier alpha value is -3.10. The number of thiazole rings is 1. The SMILES string of the molecule is COc1ccc(/C=C(\C#N)c2nc(-c3ccc(C)cc3)cs2)cc1OC(C)C. The number of aryl methyl sites for hydroxylation is 1. The lowest BCUT2D eigenvalue weighted by Gasteiger charge is -2.14. The number of aromatic nitrogens is 1. The summed E-state index contributed by atoms with van der Waals surface area (Å²) in [5, 5.41) is 12.3. The van der Waals surface area contributed by atoms with Crippen LogP contribution < -0.4 is 9.47 Å². The summed E-state index contributed by atoms with van der Waals surface area (Å²) in [4.78, 5) is 4.65. The Morgan fingerprint density at radius 1 is 1.14 bits per heavy atom. The third-order valence-electron chi connectivity index (χ3n) is 4.06. The summed E-state index contributed by atoms with van der Waals surface area (Å²) in [5.41, 5.74) is 4.50. The van der Waals surface area contributed by atoms with Gasteiger partial charge in [0.25, 0.3) is 0 Å². The standard InChI is InChI=1S/C23H22N2O2S/c1-15(2)27-22-12-17(7-10-21(22)26-4)11-19(13-24)23-25-20(14-28-23)18-8-5-16(3)6-9-18/h5-12,14-15H,1-4H3/b19-11+. The molecule has 0 atom stereocenters. The van der Waals surface area contributed by atoms with E-state index in [0.29, 0.717) is 22.1 Å². The average molecular weight is 391 g/mol. The van der Waals surface area contributed by atoms with Crippen LogP contribution >= 0.6 is 11.3 Å². The van der Waals surface area contributed by atoms with Crippen LogP contribution in [0.2, 0.25) is 0 Å². The molecule has 2 aromatic carbocycles. The van der Waals surface area contributed by atoms with E-state index in [1.54, 1.807) is 7.11 Å². The molecule has 1 aromatic heterocycles. The lowest BCUT2D eigenvalue weighted by molar-refractivity contribution is 0.230. The molecule has 3 rings (SSSR count). The minimum Gasteiger partial charge on any atom is -0.493 e. The predicted octanol–water partition coefficient (Wildman–Crippen LogP) is 5.98. The van der Waals surface area contributed by atoms with E-state index in [2.05, 4.69) is 30.1 Å². The summed E-state index contributed by atoms with van der Waals surface area (Å²) in [7, 11) is 1.61. The number of allylic oxidation sites excluding steroid dienone is 1. The molecule has 0 spiro atoms. The van der Waals surface area contributed by atoms with Gasteiger partial charge in [-0.15, -0.1) is 11.3 Å². The Morgan fingerprint density at radius 3 is 2.54 bits per heavy atom. The first-order valence-corrected chi connectivity index (χ1v) is 9.87. The topological polar surface area (TPSA) is 55.1 Å². The van der Waals surface area contributed by atoms with Gasteiger partial charge < -0.3 is 9.47 Å². The highest BCUT2D eigenvalue weighted by atomic mass is 32.1. The minimum absolute atomic E-state index is 0.0274. The Labute approximate surface area is 169 Å². The number of hydrogen-bond donors (Lipinski definition) is 0. The van der Waals surface area contributed by atoms with Gasteiger partial charge in [-0.3, -0.25) is 0 Å². The number of nitrogens with zero attached hydrogens (tertiary/aromatic N) is 2. The molecule has 0 saturated carbocycles. The van der Waals surface area contributed by atoms with E-state index in [0.717, 1.165) is 16.8 Å². The molecule has 0 fully saturated rings. The van der Waals surface area contributed by atoms with E-state index in [1.807, 2.05) is 55.6 Å². The van der Waals surface area contributed by atoms with E-state index in [-0.39, 0.29) is 6.10 Å². The maximum Gasteiger partial charge on any atom is 0.162 e. The van der Waals surface area contributed by atoms with Gasteiger partial charge in [-0.05, 0) is 44.5 Å². The van der Waals surface area contributed by atoms with Crippen molar-refractivity contribution in [3.05, 3.63) is 64.0 Å². The van der Waals surface area contributed by atoms with E-state index < -0.39 is 0 Å². The molecule has 0 aliphatic carbocycles. The van der Waals surface area contributed by atoms with Crippen LogP contribution in [0.4, 0.5) is 0 Å². The van der Waals surface area contributed by atoms with Gasteiger partial charge in [-0.2, -0.15) is 5.26 Å². The number of rotatable bonds is 6. The highest BCUT2D eigenvalue weighted by Gasteiger charge is 2.11. The van der Waals surface area contributed by atoms with Crippen molar-refractivity contribution < 1.29 is 9.47 Å². The number of benzene rings is 2. The van der Waals surface area contributed by atoms with Crippen molar-refractivity contribution in [1.29, 1.82) is 5.26 Å². The molecule has 0 aliphatic heterocycles. The van der Waals surface area contributed by atoms with E-state index in [1.165, 1.54) is 16.9 Å². The van der Waals surface area contributed by atoms with Gasteiger partial charge in [-0.25, -0.2) is 4.98 Å². The fourth-order valence-corrected chi connectivity index (χ4v) is 3.49. The first-order chi connectivity index (χ1) is 13.5. The second kappa shape index (κ2) is 8.73. The number of hydrogen-bond acceptors (Lipinski definition) is 5. The smallest absolute Gasteiger partial charge is 0.162 e. The fraction of sp³-hybridized carbons (Fsp3) is 0.217. The molecule has 142 valence electrons. The quantitative estimate of drug-likeness (QED) is 0.486. The molecule has 4 nitrogen and oxygen atoms in total. The second-order valence-electron chi connectivity index (χ2n) is 6.65. The summed E-state index contributed by atoms with van der Waals surface area (Å²) < 4.78 is 11.2. The molecular weight excluding hydrogens is 368 g/mol. The molecule has 0 N–H and O–H groups in total. The lowest BCUT2D eigenvalue weighted by atomic mass is 10.1. The molecular formula is C23H22N2O2S. The van der Waals surface area contributed by atoms with Crippen LogP contribution in [0.15, 0.2) is 47.8 Å². The molecule has 0 amide bonds. The van der Waals surface area contributed by atoms with Crippen LogP contribution in [0, 0.1) is 18.3 Å². The van der Waals surface area contributed by atoms with Crippen molar-refractivity contribution in [3.63, 3.8) is 0 Å². The van der Waals surface area contributed by atoms with E-state index in [9.17, 15) is 5.26 Å². The summed E-state index contributed by atoms with van der Waals surface area (Å²) in [6, 6.07) is 16.1. The highest BCUT2D eigenvalue weighted by molar-refractivity contribution is 7.11. The minimum atomic E-state index is 0.0274. The third-order valence-corrected chi connectivity index (χ3v) is 4.94. The first kappa shape index (κ1) is 19.7. The van der Waals surface area contributed by atoms with Crippen LogP contribution in [0.1, 0.15) is 30.0 Å². The molecule has 3 aromatic rings. The largest absolute Gasteiger partial charge is 0.493 e. The molecule has 0 aliphatic rings. The zero-order chi connectivity index (χ0) is 20.1. The third kappa shape index (κ3) is 4.59. The summed E-state index contributed by atoms with van der Waals surface area (Å²) in [6.07, 6.45) is 1.85. The Bertz CT molecular complexity index is 1030. The highest BCUT2D eigenvalue weighted by Crippen LogP contribution is 2.32. The molecule has 28 heavy (non-hydrogen) atoms. The van der Waals surface area contributed by atoms with Gasteiger partial charge in [0.1, 0.15) is 11.1 Å². The normalized spacial score (nSPS) is 11.4. The van der Waals surface area contributed by atoms with Gasteiger partial charge in [0.15, 0.2) is 11.5 Å². The first-order valence-electron chi connectivity index (χ1n) is 8.99. The summed E-state index contributed by atoms with van der Waals surface area (Å²) >= 11 is 1.47. The van der Waals surface area contributed by atoms with Crippen molar-refractivity contribution in [3.8, 4) is 28.8 Å². The number of methoxy groups -OCH3 is 1. The van der Waals surface area contributed by atoms with Crippen LogP contribution in [0.5, 0.6) is 11.5 Å². The monoisotopic (exact) mass is 390 g/mol. The molecule has 5 heteroatoms. The van der Waals surface area contributed by atoms with Crippen LogP contribution in [0.25, 0.3) is 22.9 Å². The van der Waals surface area contributed by atoms with Gasteiger partial charge in [0.05, 0.1) is 24.5 Å². The van der Waals surface area contributed by atoms with Gasteiger partial charge in [-0.1, -0.05) is 35.9 Å². The Kier molecular flexibility index (Phi) is 6.13. The van der Waals surface area contributed by atoms with Crippen molar-refractivity contribution in [1.82, 2.24) is 4.98 Å². The Morgan fingerprint density at radius 2 is 1.89 bits per heavy atom. The number of ether oxygens (including phenoxy) is 2. The Balaban J connectivity index is 1.92. The van der Waals surface area contributed by atoms with Crippen molar-refractivity contribution in [2.45, 2.75) is 26.9 Å². The summed E-state index contributed by atoms with van der Waals surface area (Å²) in [6.45, 7) is 5.98. The molecule has 0 bridgehead atoms. The molecule has 0 unspecified atom stereocenters. The zero-order valence-electron chi connectivity index (χ0n) is 16.4. The predicted molar refractivity (Wildman–Crippen MR) is 115 cm³/mol.